The Morgan fingerprint density at radius 1 is 1.38 bits per heavy atom. The predicted molar refractivity (Wildman–Crippen MR) is 48.3 cm³/mol. The molecule has 70 valence electrons. The second-order valence-electron chi connectivity index (χ2n) is 4.53. The lowest BCUT2D eigenvalue weighted by molar-refractivity contribution is 0.391. The first kappa shape index (κ1) is 7.56. The van der Waals surface area contributed by atoms with Crippen molar-refractivity contribution < 1.29 is 4.52 Å². The van der Waals surface area contributed by atoms with Crippen molar-refractivity contribution in [2.45, 2.75) is 43.6 Å². The first-order valence-electron chi connectivity index (χ1n) is 4.89. The smallest absolute Gasteiger partial charge is 0.137 e. The fourth-order valence-corrected chi connectivity index (χ4v) is 2.53. The third-order valence-corrected chi connectivity index (χ3v) is 3.76. The Morgan fingerprint density at radius 2 is 2.08 bits per heavy atom. The van der Waals surface area contributed by atoms with Crippen molar-refractivity contribution in [3.05, 3.63) is 17.5 Å². The van der Waals surface area contributed by atoms with Crippen LogP contribution in [0.15, 0.2) is 10.7 Å². The number of nitrogens with zero attached hydrogens (tertiary/aromatic N) is 1. The van der Waals surface area contributed by atoms with E-state index in [0.717, 1.165) is 18.6 Å². The van der Waals surface area contributed by atoms with Crippen LogP contribution in [0.1, 0.15) is 37.0 Å². The van der Waals surface area contributed by atoms with Gasteiger partial charge in [0.1, 0.15) is 5.76 Å². The van der Waals surface area contributed by atoms with Crippen LogP contribution in [-0.4, -0.2) is 10.7 Å². The quantitative estimate of drug-likeness (QED) is 0.746. The van der Waals surface area contributed by atoms with E-state index in [0.29, 0.717) is 0 Å². The molecule has 0 spiro atoms. The van der Waals surface area contributed by atoms with E-state index < -0.39 is 0 Å². The molecule has 2 fully saturated rings. The van der Waals surface area contributed by atoms with E-state index in [4.69, 9.17) is 10.3 Å². The van der Waals surface area contributed by atoms with Gasteiger partial charge in [0.05, 0.1) is 6.20 Å². The number of hydrogen-bond donors (Lipinski definition) is 1. The molecule has 0 aromatic carbocycles. The number of aromatic nitrogens is 1. The molecule has 3 rings (SSSR count). The molecule has 3 heteroatoms. The summed E-state index contributed by atoms with van der Waals surface area (Å²) in [6, 6.07) is 0. The van der Waals surface area contributed by atoms with Gasteiger partial charge in [-0.25, -0.2) is 0 Å². The molecular weight excluding hydrogens is 164 g/mol. The van der Waals surface area contributed by atoms with Gasteiger partial charge in [-0.15, -0.1) is 0 Å². The molecule has 0 amide bonds. The van der Waals surface area contributed by atoms with Crippen molar-refractivity contribution >= 4 is 0 Å². The maximum Gasteiger partial charge on any atom is 0.137 e. The van der Waals surface area contributed by atoms with E-state index in [2.05, 4.69) is 5.16 Å². The van der Waals surface area contributed by atoms with Gasteiger partial charge in [0.2, 0.25) is 0 Å². The third-order valence-electron chi connectivity index (χ3n) is 3.76. The molecule has 0 unspecified atom stereocenters. The maximum absolute atomic E-state index is 6.28. The molecule has 2 aliphatic carbocycles. The lowest BCUT2D eigenvalue weighted by atomic mass is 9.87. The fraction of sp³-hybridized carbons (Fsp3) is 0.700. The highest BCUT2D eigenvalue weighted by atomic mass is 16.5. The van der Waals surface area contributed by atoms with Gasteiger partial charge in [0, 0.05) is 16.5 Å². The van der Waals surface area contributed by atoms with Crippen LogP contribution in [0, 0.1) is 6.92 Å². The lowest BCUT2D eigenvalue weighted by Gasteiger charge is -2.21. The summed E-state index contributed by atoms with van der Waals surface area (Å²) < 4.78 is 5.11. The minimum atomic E-state index is 0.0727. The largest absolute Gasteiger partial charge is 0.361 e. The highest BCUT2D eigenvalue weighted by Gasteiger charge is 2.65. The van der Waals surface area contributed by atoms with E-state index in [-0.39, 0.29) is 11.0 Å². The van der Waals surface area contributed by atoms with Crippen molar-refractivity contribution in [1.29, 1.82) is 0 Å². The summed E-state index contributed by atoms with van der Waals surface area (Å²) in [5.74, 6) is 0.953. The molecule has 1 heterocycles. The van der Waals surface area contributed by atoms with Crippen LogP contribution in [0.3, 0.4) is 0 Å². The molecule has 0 bridgehead atoms. The molecule has 1 aromatic heterocycles. The molecule has 0 aliphatic heterocycles. The van der Waals surface area contributed by atoms with Gasteiger partial charge in [-0.05, 0) is 32.6 Å². The van der Waals surface area contributed by atoms with Crippen molar-refractivity contribution in [1.82, 2.24) is 5.16 Å². The van der Waals surface area contributed by atoms with Crippen LogP contribution in [0.25, 0.3) is 0 Å². The lowest BCUT2D eigenvalue weighted by Crippen LogP contribution is -2.37. The predicted octanol–water partition coefficient (Wildman–Crippen LogP) is 1.51. The highest BCUT2D eigenvalue weighted by molar-refractivity contribution is 5.40. The number of hydrogen-bond acceptors (Lipinski definition) is 3. The first-order chi connectivity index (χ1) is 6.18. The monoisotopic (exact) mass is 178 g/mol. The molecule has 0 saturated heterocycles. The van der Waals surface area contributed by atoms with Gasteiger partial charge in [-0.3, -0.25) is 0 Å². The van der Waals surface area contributed by atoms with E-state index in [9.17, 15) is 0 Å². The highest BCUT2D eigenvalue weighted by Crippen LogP contribution is 2.64. The van der Waals surface area contributed by atoms with E-state index in [1.165, 1.54) is 18.4 Å². The Hall–Kier alpha value is -0.830. The van der Waals surface area contributed by atoms with E-state index in [1.807, 2.05) is 13.1 Å². The zero-order chi connectivity index (χ0) is 9.10. The normalized spacial score (nSPS) is 27.2. The van der Waals surface area contributed by atoms with Crippen molar-refractivity contribution in [3.8, 4) is 0 Å². The summed E-state index contributed by atoms with van der Waals surface area (Å²) in [5.41, 5.74) is 7.84. The minimum Gasteiger partial charge on any atom is -0.361 e. The van der Waals surface area contributed by atoms with Crippen LogP contribution in [0.5, 0.6) is 0 Å². The molecule has 0 radical (unpaired) electrons. The van der Waals surface area contributed by atoms with Gasteiger partial charge >= 0.3 is 0 Å². The van der Waals surface area contributed by atoms with E-state index in [1.54, 1.807) is 0 Å². The molecule has 0 atom stereocenters. The van der Waals surface area contributed by atoms with Gasteiger partial charge in [-0.1, -0.05) is 5.16 Å². The van der Waals surface area contributed by atoms with Crippen LogP contribution < -0.4 is 5.73 Å². The van der Waals surface area contributed by atoms with Gasteiger partial charge in [0.15, 0.2) is 0 Å². The molecule has 2 aliphatic rings. The van der Waals surface area contributed by atoms with Gasteiger partial charge in [0.25, 0.3) is 0 Å². The summed E-state index contributed by atoms with van der Waals surface area (Å²) in [6.45, 7) is 1.98. The second kappa shape index (κ2) is 1.98. The average molecular weight is 178 g/mol. The van der Waals surface area contributed by atoms with Crippen molar-refractivity contribution in [2.75, 3.05) is 0 Å². The number of aryl methyl sites for hydroxylation is 1. The maximum atomic E-state index is 6.28. The Bertz CT molecular complexity index is 348. The average Bonchev–Trinajstić information content (AvgIpc) is 2.98. The van der Waals surface area contributed by atoms with Gasteiger partial charge in [-0.2, -0.15) is 0 Å². The molecule has 3 nitrogen and oxygen atoms in total. The topological polar surface area (TPSA) is 52.0 Å². The van der Waals surface area contributed by atoms with Gasteiger partial charge < -0.3 is 10.3 Å². The Kier molecular flexibility index (Phi) is 1.15. The van der Waals surface area contributed by atoms with Crippen LogP contribution in [-0.2, 0) is 5.41 Å². The van der Waals surface area contributed by atoms with Crippen LogP contribution >= 0.6 is 0 Å². The molecule has 13 heavy (non-hydrogen) atoms. The second-order valence-corrected chi connectivity index (χ2v) is 4.53. The summed E-state index contributed by atoms with van der Waals surface area (Å²) in [5, 5.41) is 3.84. The van der Waals surface area contributed by atoms with Crippen molar-refractivity contribution in [3.63, 3.8) is 0 Å². The number of nitrogens with two attached hydrogens (primary N) is 1. The SMILES string of the molecule is Cc1oncc1C1(C2(N)CC2)CC1. The fourth-order valence-electron chi connectivity index (χ4n) is 2.53. The third kappa shape index (κ3) is 0.804. The number of rotatable bonds is 2. The van der Waals surface area contributed by atoms with E-state index >= 15 is 0 Å². The summed E-state index contributed by atoms with van der Waals surface area (Å²) >= 11 is 0. The Morgan fingerprint density at radius 3 is 2.46 bits per heavy atom. The Balaban J connectivity index is 2.05. The summed E-state index contributed by atoms with van der Waals surface area (Å²) in [7, 11) is 0. The van der Waals surface area contributed by atoms with Crippen LogP contribution in [0.4, 0.5) is 0 Å². The summed E-state index contributed by atoms with van der Waals surface area (Å²) in [4.78, 5) is 0. The standard InChI is InChI=1S/C10H14N2O/c1-7-8(6-12-13-7)9(2-3-9)10(11)4-5-10/h6H,2-5,11H2,1H3. The van der Waals surface area contributed by atoms with Crippen molar-refractivity contribution in [2.24, 2.45) is 5.73 Å². The van der Waals surface area contributed by atoms with Crippen LogP contribution in [0.2, 0.25) is 0 Å². The zero-order valence-corrected chi connectivity index (χ0v) is 7.84. The summed E-state index contributed by atoms with van der Waals surface area (Å²) in [6.07, 6.45) is 6.61. The molecule has 2 N–H and O–H groups in total. The molecular formula is C10H14N2O. The zero-order valence-electron chi connectivity index (χ0n) is 7.84. The first-order valence-corrected chi connectivity index (χ1v) is 4.89. The minimum absolute atomic E-state index is 0.0727. The molecule has 2 saturated carbocycles. The Labute approximate surface area is 77.3 Å². The molecule has 1 aromatic rings.